The Morgan fingerprint density at radius 2 is 1.01 bits per heavy atom. The van der Waals surface area contributed by atoms with E-state index in [9.17, 15) is 18.4 Å². The Morgan fingerprint density at radius 1 is 0.513 bits per heavy atom. The Hall–Kier alpha value is -6.89. The van der Waals surface area contributed by atoms with Crippen LogP contribution >= 0.6 is 69.9 Å². The zero-order chi connectivity index (χ0) is 81.2. The van der Waals surface area contributed by atoms with Crippen LogP contribution in [0.4, 0.5) is 25.8 Å². The Balaban J connectivity index is 0.000000105. The van der Waals surface area contributed by atoms with Gasteiger partial charge in [0.25, 0.3) is 0 Å². The molecule has 0 bridgehead atoms. The molecule has 1 aromatic heterocycles. The lowest BCUT2D eigenvalue weighted by atomic mass is 9.70. The maximum atomic E-state index is 14.4. The average molecular weight is 1700 g/mol. The molecule has 5 fully saturated rings. The summed E-state index contributed by atoms with van der Waals surface area (Å²) < 4.78 is 56.9. The molecule has 13 aliphatic rings. The van der Waals surface area contributed by atoms with Crippen LogP contribution in [0.3, 0.4) is 0 Å². The summed E-state index contributed by atoms with van der Waals surface area (Å²) in [6, 6.07) is 32.3. The van der Waals surface area contributed by atoms with Crippen LogP contribution in [-0.4, -0.2) is 184 Å². The summed E-state index contributed by atoms with van der Waals surface area (Å²) in [6.45, 7) is 18.0. The van der Waals surface area contributed by atoms with Crippen LogP contribution in [-0.2, 0) is 24.2 Å². The van der Waals surface area contributed by atoms with E-state index in [2.05, 4.69) is 98.7 Å². The number of carbonyl (C=O) groups is 2. The van der Waals surface area contributed by atoms with Crippen molar-refractivity contribution in [2.75, 3.05) is 154 Å². The Bertz CT molecular complexity index is 5120. The number of methoxy groups -OCH3 is 4. The van der Waals surface area contributed by atoms with E-state index < -0.39 is 11.6 Å². The topological polar surface area (TPSA) is 145 Å². The summed E-state index contributed by atoms with van der Waals surface area (Å²) in [5.74, 6) is 8.06. The zero-order valence-electron chi connectivity index (χ0n) is 68.0. The minimum Gasteiger partial charge on any atom is -0.496 e. The smallest absolute Gasteiger partial charge is 0.167 e. The van der Waals surface area contributed by atoms with Crippen molar-refractivity contribution in [2.45, 2.75) is 142 Å². The summed E-state index contributed by atoms with van der Waals surface area (Å²) in [5.41, 5.74) is 20.0. The average Bonchev–Trinajstić information content (AvgIpc) is 0.849. The molecular weight excluding hydrogens is 1600 g/mol. The van der Waals surface area contributed by atoms with Crippen LogP contribution in [0.25, 0.3) is 33.5 Å². The number of likely N-dealkylation sites (N-methyl/N-ethyl adjacent to an activating group) is 2. The number of aromatic nitrogens is 1. The van der Waals surface area contributed by atoms with Crippen LogP contribution in [0.5, 0.6) is 23.0 Å². The van der Waals surface area contributed by atoms with Gasteiger partial charge in [0.15, 0.2) is 11.6 Å². The van der Waals surface area contributed by atoms with Gasteiger partial charge < -0.3 is 64.1 Å². The van der Waals surface area contributed by atoms with Gasteiger partial charge in [-0.05, 0) is 239 Å². The second kappa shape index (κ2) is 35.3. The summed E-state index contributed by atoms with van der Waals surface area (Å²) in [7, 11) is 11.0. The molecule has 3 N–H and O–H groups in total. The number of pyridine rings is 1. The van der Waals surface area contributed by atoms with Crippen molar-refractivity contribution in [3.63, 3.8) is 0 Å². The summed E-state index contributed by atoms with van der Waals surface area (Å²) in [6.07, 6.45) is 9.87. The molecule has 0 radical (unpaired) electrons. The number of anilines is 3. The molecule has 2 aliphatic carbocycles. The maximum absolute atomic E-state index is 14.4. The number of Topliss-reactive ketones (excluding diaryl/α,β-unsaturated/α-hetero) is 2. The molecule has 2 unspecified atom stereocenters. The van der Waals surface area contributed by atoms with E-state index in [1.165, 1.54) is 92.4 Å². The van der Waals surface area contributed by atoms with E-state index >= 15 is 0 Å². The first-order valence-corrected chi connectivity index (χ1v) is 45.4. The molecule has 12 heterocycles. The van der Waals surface area contributed by atoms with Gasteiger partial charge in [0, 0.05) is 160 Å². The second-order valence-electron chi connectivity index (χ2n) is 33.4. The number of halogens is 6. The number of benzene rings is 7. The number of ketones is 2. The first kappa shape index (κ1) is 82.4. The molecule has 10 atom stereocenters. The lowest BCUT2D eigenvalue weighted by molar-refractivity contribution is 0.0881. The van der Waals surface area contributed by atoms with Gasteiger partial charge in [0.1, 0.15) is 41.4 Å². The van der Waals surface area contributed by atoms with Gasteiger partial charge in [-0.15, -0.1) is 23.5 Å². The Morgan fingerprint density at radius 3 is 1.54 bits per heavy atom. The summed E-state index contributed by atoms with van der Waals surface area (Å²) in [5, 5.41) is 13.3. The van der Waals surface area contributed by atoms with E-state index in [0.29, 0.717) is 106 Å². The van der Waals surface area contributed by atoms with Crippen molar-refractivity contribution in [1.29, 1.82) is 0 Å². The van der Waals surface area contributed by atoms with Crippen LogP contribution in [0.1, 0.15) is 160 Å². The van der Waals surface area contributed by atoms with Crippen LogP contribution < -0.4 is 49.6 Å². The highest BCUT2D eigenvalue weighted by atomic mass is 35.5. The number of fused-ring (bicyclic) bond motifs is 15. The van der Waals surface area contributed by atoms with E-state index in [4.69, 9.17) is 75.1 Å². The molecule has 21 rings (SSSR count). The molecule has 11 aliphatic heterocycles. The van der Waals surface area contributed by atoms with Crippen LogP contribution in [0, 0.1) is 23.5 Å². The number of piperidine rings is 4. The molecule has 5 saturated heterocycles. The fourth-order valence-electron chi connectivity index (χ4n) is 21.6. The minimum atomic E-state index is -0.487. The van der Waals surface area contributed by atoms with Crippen LogP contribution in [0.15, 0.2) is 107 Å². The number of nitrogens with one attached hydrogen (secondary N) is 3. The predicted octanol–water partition coefficient (Wildman–Crippen LogP) is 19.0. The molecule has 8 aromatic rings. The highest BCUT2D eigenvalue weighted by molar-refractivity contribution is 7.99. The van der Waals surface area contributed by atoms with Gasteiger partial charge in [-0.3, -0.25) is 9.59 Å². The molecule has 618 valence electrons. The lowest BCUT2D eigenvalue weighted by Gasteiger charge is -2.41. The van der Waals surface area contributed by atoms with Gasteiger partial charge in [0.05, 0.1) is 85.2 Å². The monoisotopic (exact) mass is 1700 g/mol. The number of hydrogen-bond acceptors (Lipinski definition) is 18. The molecule has 24 heteroatoms. The second-order valence-corrected chi connectivity index (χ2v) is 37.3. The highest BCUT2D eigenvalue weighted by Crippen LogP contribution is 2.56. The molecular formula is C93H105Cl4F2N9O7S2. The SMILES string of the molecule is CCc1c(OC)cc2c(c1OC)C(=O)C[C@@H]1CN(C)C[C@H]21.CCc1c(OC)cc2c(c1OC)C(=O)C[C@H]1CCN(C)C[C@H]21.Clc1ccc(-c2cc3c4c(c2)[C@@H]2CNCC[C@@H]2N4CCCS3)c(Cl)c1.Clc1ccc(-c2cc3c4c(n2)COCN4C2CCNCC32)c(Cl)c1.Fc1cccc(F)c1-c1cc2c3c(c1)[C@@H]1CNCC[C@@H]1N3CCCS2. The third-order valence-corrected chi connectivity index (χ3v) is 30.1. The zero-order valence-corrected chi connectivity index (χ0v) is 72.7. The third kappa shape index (κ3) is 15.6. The molecule has 0 spiro atoms. The minimum absolute atomic E-state index is 0.102. The Labute approximate surface area is 715 Å². The number of ether oxygens (including phenoxy) is 5. The van der Waals surface area contributed by atoms with Crippen molar-refractivity contribution in [1.82, 2.24) is 30.7 Å². The number of likely N-dealkylation sites (tertiary alicyclic amines) is 2. The molecule has 0 amide bonds. The predicted molar refractivity (Wildman–Crippen MR) is 471 cm³/mol. The normalized spacial score (nSPS) is 24.6. The highest BCUT2D eigenvalue weighted by Gasteiger charge is 2.48. The van der Waals surface area contributed by atoms with Crippen molar-refractivity contribution in [3.05, 3.63) is 185 Å². The van der Waals surface area contributed by atoms with Gasteiger partial charge in [-0.25, -0.2) is 13.8 Å². The Kier molecular flexibility index (Phi) is 24.9. The first-order chi connectivity index (χ1) is 56.9. The molecule has 16 nitrogen and oxygen atoms in total. The van der Waals surface area contributed by atoms with Gasteiger partial charge in [0.2, 0.25) is 0 Å². The van der Waals surface area contributed by atoms with Crippen molar-refractivity contribution < 1.29 is 42.1 Å². The van der Waals surface area contributed by atoms with Gasteiger partial charge >= 0.3 is 0 Å². The van der Waals surface area contributed by atoms with Gasteiger partial charge in [-0.1, -0.05) is 72.4 Å². The fourth-order valence-corrected chi connectivity index (χ4v) is 24.8. The lowest BCUT2D eigenvalue weighted by Crippen LogP contribution is -2.45. The number of thioether (sulfide) groups is 2. The molecule has 117 heavy (non-hydrogen) atoms. The number of hydrogen-bond donors (Lipinski definition) is 3. The molecule has 7 aromatic carbocycles. The summed E-state index contributed by atoms with van der Waals surface area (Å²) in [4.78, 5) is 45.2. The number of rotatable bonds is 9. The molecule has 0 saturated carbocycles. The van der Waals surface area contributed by atoms with Crippen molar-refractivity contribution in [2.24, 2.45) is 11.8 Å². The van der Waals surface area contributed by atoms with Crippen LogP contribution in [0.2, 0.25) is 20.1 Å². The fraction of sp³-hybridized carbons (Fsp3) is 0.473. The number of carbonyl (C=O) groups excluding carboxylic acids is 2. The van der Waals surface area contributed by atoms with E-state index in [1.807, 2.05) is 66.0 Å². The standard InChI is InChI=1S/C20H20Cl2N2S.C20H20F2N2S.C18H17Cl2N3O.C18H25NO3.C17H23NO3/c21-13-2-3-14(17(22)10-13)12-8-15-16-11-23-5-4-18(16)24-6-1-7-25-19(9-12)20(15)24;21-15-3-1-4-16(22)19(15)12-9-13-14-11-23-6-5-17(14)24-7-2-8-25-18(10-12)20(13)24;19-10-1-2-11(14(20)5-10)15-6-12-13-7-21-4-3-17(13)23-9-24-8-16(22-15)18(12)23;1-5-12-16(21-3)9-13-14-10-19(2)7-6-11(14)8-15(20)17(13)18(12)22-4;1-5-11-15(20-3)7-12-13-9-18(2)8-10(13)6-14(19)16(12)17(11)21-4/h2-3,8-10,16,18,23H,1,4-7,11H2;1,3-4,9-10,14,17,23H,2,5-8,11H2;1-2,5-6,13,17,21H,3-4,7-9H2;9,11,14H,5-8,10H2,1-4H3;7,10,13H,5-6,8-9H2,1-4H3/t16-,18-;14-,17-;;11-,14+;10-,13+/m00.11/s1. The maximum Gasteiger partial charge on any atom is 0.167 e. The quantitative estimate of drug-likeness (QED) is 0.126. The van der Waals surface area contributed by atoms with E-state index in [-0.39, 0.29) is 17.1 Å². The van der Waals surface area contributed by atoms with Crippen molar-refractivity contribution in [3.8, 4) is 56.5 Å². The number of nitrogens with zero attached hydrogens (tertiary/aromatic N) is 6. The first-order valence-electron chi connectivity index (χ1n) is 41.9. The van der Waals surface area contributed by atoms with Gasteiger partial charge in [-0.2, -0.15) is 0 Å². The summed E-state index contributed by atoms with van der Waals surface area (Å²) >= 11 is 28.9. The largest absolute Gasteiger partial charge is 0.496 e. The van der Waals surface area contributed by atoms with E-state index in [1.54, 1.807) is 34.5 Å². The van der Waals surface area contributed by atoms with Crippen molar-refractivity contribution >= 4 is 98.6 Å². The third-order valence-electron chi connectivity index (χ3n) is 26.8. The van der Waals surface area contributed by atoms with E-state index in [0.717, 1.165) is 200 Å².